The van der Waals surface area contributed by atoms with Crippen LogP contribution in [0.3, 0.4) is 0 Å². The average Bonchev–Trinajstić information content (AvgIpc) is 2.79. The molecular weight excluding hydrogens is 291 g/mol. The van der Waals surface area contributed by atoms with Gasteiger partial charge in [0, 0.05) is 24.7 Å². The van der Waals surface area contributed by atoms with Crippen LogP contribution < -0.4 is 5.32 Å². The quantitative estimate of drug-likeness (QED) is 0.889. The molecule has 0 aromatic heterocycles. The van der Waals surface area contributed by atoms with Gasteiger partial charge in [-0.2, -0.15) is 0 Å². The Labute approximate surface area is 132 Å². The van der Waals surface area contributed by atoms with Gasteiger partial charge in [0.2, 0.25) is 0 Å². The van der Waals surface area contributed by atoms with E-state index in [4.69, 9.17) is 23.2 Å². The minimum atomic E-state index is 0.169. The summed E-state index contributed by atoms with van der Waals surface area (Å²) in [7, 11) is 0. The number of hydrogen-bond acceptors (Lipinski definition) is 2. The lowest BCUT2D eigenvalue weighted by atomic mass is 10.1. The summed E-state index contributed by atoms with van der Waals surface area (Å²) >= 11 is 12.4. The van der Waals surface area contributed by atoms with Gasteiger partial charge in [0.05, 0.1) is 10.0 Å². The van der Waals surface area contributed by atoms with Crippen LogP contribution in [0.1, 0.15) is 39.2 Å². The van der Waals surface area contributed by atoms with Gasteiger partial charge in [-0.3, -0.25) is 4.90 Å². The van der Waals surface area contributed by atoms with Gasteiger partial charge in [-0.1, -0.05) is 35.3 Å². The van der Waals surface area contributed by atoms with Crippen LogP contribution in [0.2, 0.25) is 10.0 Å². The Kier molecular flexibility index (Phi) is 5.36. The first-order chi connectivity index (χ1) is 9.37. The first-order valence-electron chi connectivity index (χ1n) is 7.29. The normalized spacial score (nSPS) is 20.6. The molecule has 4 heteroatoms. The molecule has 1 saturated heterocycles. The maximum atomic E-state index is 6.29. The maximum absolute atomic E-state index is 6.29. The van der Waals surface area contributed by atoms with Crippen LogP contribution >= 0.6 is 23.2 Å². The van der Waals surface area contributed by atoms with Crippen molar-refractivity contribution in [1.82, 2.24) is 10.2 Å². The molecule has 0 bridgehead atoms. The highest BCUT2D eigenvalue weighted by atomic mass is 35.5. The second-order valence-electron chi connectivity index (χ2n) is 6.61. The molecule has 20 heavy (non-hydrogen) atoms. The van der Waals surface area contributed by atoms with Gasteiger partial charge in [-0.15, -0.1) is 0 Å². The van der Waals surface area contributed by atoms with Crippen molar-refractivity contribution >= 4 is 23.2 Å². The Morgan fingerprint density at radius 1 is 1.30 bits per heavy atom. The van der Waals surface area contributed by atoms with E-state index >= 15 is 0 Å². The minimum absolute atomic E-state index is 0.169. The topological polar surface area (TPSA) is 15.3 Å². The molecule has 2 rings (SSSR count). The van der Waals surface area contributed by atoms with E-state index < -0.39 is 0 Å². The van der Waals surface area contributed by atoms with E-state index in [9.17, 15) is 0 Å². The molecule has 112 valence electrons. The van der Waals surface area contributed by atoms with Gasteiger partial charge in [0.25, 0.3) is 0 Å². The molecule has 0 amide bonds. The fraction of sp³-hybridized carbons (Fsp3) is 0.625. The van der Waals surface area contributed by atoms with E-state index in [1.54, 1.807) is 0 Å². The summed E-state index contributed by atoms with van der Waals surface area (Å²) in [6.45, 7) is 9.68. The number of rotatable bonds is 4. The molecular formula is C16H24Cl2N2. The number of nitrogens with one attached hydrogen (secondary N) is 1. The van der Waals surface area contributed by atoms with Crippen LogP contribution in [0.15, 0.2) is 18.2 Å². The Morgan fingerprint density at radius 2 is 2.05 bits per heavy atom. The zero-order chi connectivity index (χ0) is 14.8. The van der Waals surface area contributed by atoms with E-state index in [2.05, 4.69) is 37.1 Å². The Balaban J connectivity index is 1.99. The van der Waals surface area contributed by atoms with Crippen LogP contribution in [0, 0.1) is 0 Å². The van der Waals surface area contributed by atoms with Crippen LogP contribution in [-0.2, 0) is 6.54 Å². The highest BCUT2D eigenvalue weighted by Gasteiger charge is 2.26. The second-order valence-corrected chi connectivity index (χ2v) is 7.40. The molecule has 1 aliphatic rings. The molecule has 1 aromatic carbocycles. The van der Waals surface area contributed by atoms with Crippen molar-refractivity contribution in [1.29, 1.82) is 0 Å². The summed E-state index contributed by atoms with van der Waals surface area (Å²) in [6, 6.07) is 6.48. The molecule has 1 atom stereocenters. The van der Waals surface area contributed by atoms with Crippen LogP contribution in [-0.4, -0.2) is 29.6 Å². The molecule has 1 heterocycles. The predicted octanol–water partition coefficient (Wildman–Crippen LogP) is 4.35. The molecule has 0 radical (unpaired) electrons. The molecule has 1 unspecified atom stereocenters. The molecule has 1 aliphatic heterocycles. The van der Waals surface area contributed by atoms with Crippen molar-refractivity contribution in [3.05, 3.63) is 33.8 Å². The van der Waals surface area contributed by atoms with Crippen molar-refractivity contribution < 1.29 is 0 Å². The lowest BCUT2D eigenvalue weighted by Crippen LogP contribution is -2.45. The van der Waals surface area contributed by atoms with Gasteiger partial charge in [-0.25, -0.2) is 0 Å². The Hall–Kier alpha value is -0.280. The SMILES string of the molecule is CC(C)(C)NCC1CCCN1Cc1cccc(Cl)c1Cl. The molecule has 0 saturated carbocycles. The fourth-order valence-electron chi connectivity index (χ4n) is 2.65. The summed E-state index contributed by atoms with van der Waals surface area (Å²) in [4.78, 5) is 2.51. The summed E-state index contributed by atoms with van der Waals surface area (Å²) < 4.78 is 0. The molecule has 0 spiro atoms. The summed E-state index contributed by atoms with van der Waals surface area (Å²) in [5.74, 6) is 0. The molecule has 0 aliphatic carbocycles. The van der Waals surface area contributed by atoms with Crippen LogP contribution in [0.4, 0.5) is 0 Å². The highest BCUT2D eigenvalue weighted by Crippen LogP contribution is 2.28. The standard InChI is InChI=1S/C16H24Cl2N2/c1-16(2,3)19-10-13-7-5-9-20(13)11-12-6-4-8-14(17)15(12)18/h4,6,8,13,19H,5,7,9-11H2,1-3H3. The van der Waals surface area contributed by atoms with Crippen molar-refractivity contribution in [2.24, 2.45) is 0 Å². The fourth-order valence-corrected chi connectivity index (χ4v) is 3.03. The van der Waals surface area contributed by atoms with Gasteiger partial charge in [0.15, 0.2) is 0 Å². The van der Waals surface area contributed by atoms with Gasteiger partial charge < -0.3 is 5.32 Å². The monoisotopic (exact) mass is 314 g/mol. The van der Waals surface area contributed by atoms with Crippen LogP contribution in [0.5, 0.6) is 0 Å². The van der Waals surface area contributed by atoms with E-state index in [-0.39, 0.29) is 5.54 Å². The van der Waals surface area contributed by atoms with E-state index in [0.717, 1.165) is 25.2 Å². The second kappa shape index (κ2) is 6.65. The number of nitrogens with zero attached hydrogens (tertiary/aromatic N) is 1. The number of likely N-dealkylation sites (tertiary alicyclic amines) is 1. The smallest absolute Gasteiger partial charge is 0.0637 e. The van der Waals surface area contributed by atoms with Crippen molar-refractivity contribution in [3.63, 3.8) is 0 Å². The van der Waals surface area contributed by atoms with E-state index in [1.165, 1.54) is 12.8 Å². The third-order valence-electron chi connectivity index (χ3n) is 3.77. The van der Waals surface area contributed by atoms with Gasteiger partial charge in [-0.05, 0) is 51.8 Å². The van der Waals surface area contributed by atoms with Crippen LogP contribution in [0.25, 0.3) is 0 Å². The zero-order valence-electron chi connectivity index (χ0n) is 12.5. The zero-order valence-corrected chi connectivity index (χ0v) is 14.1. The van der Waals surface area contributed by atoms with E-state index in [1.807, 2.05) is 12.1 Å². The maximum Gasteiger partial charge on any atom is 0.0637 e. The summed E-state index contributed by atoms with van der Waals surface area (Å²) in [5.41, 5.74) is 1.30. The van der Waals surface area contributed by atoms with Crippen molar-refractivity contribution in [2.45, 2.75) is 51.7 Å². The van der Waals surface area contributed by atoms with Gasteiger partial charge >= 0.3 is 0 Å². The molecule has 1 aromatic rings. The molecule has 1 N–H and O–H groups in total. The Bertz CT molecular complexity index is 454. The number of halogens is 2. The summed E-state index contributed by atoms with van der Waals surface area (Å²) in [6.07, 6.45) is 2.51. The predicted molar refractivity (Wildman–Crippen MR) is 87.6 cm³/mol. The Morgan fingerprint density at radius 3 is 2.75 bits per heavy atom. The van der Waals surface area contributed by atoms with E-state index in [0.29, 0.717) is 16.1 Å². The number of hydrogen-bond donors (Lipinski definition) is 1. The van der Waals surface area contributed by atoms with Crippen molar-refractivity contribution in [3.8, 4) is 0 Å². The first-order valence-corrected chi connectivity index (χ1v) is 8.04. The largest absolute Gasteiger partial charge is 0.311 e. The lowest BCUT2D eigenvalue weighted by molar-refractivity contribution is 0.226. The third kappa shape index (κ3) is 4.36. The lowest BCUT2D eigenvalue weighted by Gasteiger charge is -2.29. The minimum Gasteiger partial charge on any atom is -0.311 e. The third-order valence-corrected chi connectivity index (χ3v) is 4.63. The molecule has 2 nitrogen and oxygen atoms in total. The highest BCUT2D eigenvalue weighted by molar-refractivity contribution is 6.42. The van der Waals surface area contributed by atoms with Gasteiger partial charge in [0.1, 0.15) is 0 Å². The summed E-state index contributed by atoms with van der Waals surface area (Å²) in [5, 5.41) is 4.95. The average molecular weight is 315 g/mol. The first kappa shape index (κ1) is 16.1. The van der Waals surface area contributed by atoms with Crippen molar-refractivity contribution in [2.75, 3.05) is 13.1 Å². The number of benzene rings is 1. The molecule has 1 fully saturated rings.